The van der Waals surface area contributed by atoms with Gasteiger partial charge in [0.1, 0.15) is 11.6 Å². The summed E-state index contributed by atoms with van der Waals surface area (Å²) in [5.41, 5.74) is 2.16. The second-order valence-corrected chi connectivity index (χ2v) is 8.32. The molecule has 3 aromatic rings. The first-order valence-corrected chi connectivity index (χ1v) is 11.1. The van der Waals surface area contributed by atoms with E-state index in [1.165, 1.54) is 12.1 Å². The number of furan rings is 1. The van der Waals surface area contributed by atoms with Crippen molar-refractivity contribution in [1.82, 2.24) is 14.7 Å². The second kappa shape index (κ2) is 10.4. The average molecular weight is 450 g/mol. The fourth-order valence-corrected chi connectivity index (χ4v) is 4.04. The first kappa shape index (κ1) is 22.7. The average Bonchev–Trinajstić information content (AvgIpc) is 3.29. The lowest BCUT2D eigenvalue weighted by Crippen LogP contribution is -2.50. The summed E-state index contributed by atoms with van der Waals surface area (Å²) in [5.74, 6) is 0.618. The zero-order valence-electron chi connectivity index (χ0n) is 18.7. The van der Waals surface area contributed by atoms with E-state index < -0.39 is 0 Å². The van der Waals surface area contributed by atoms with Crippen LogP contribution in [-0.4, -0.2) is 52.7 Å². The highest BCUT2D eigenvalue weighted by molar-refractivity contribution is 5.91. The maximum absolute atomic E-state index is 13.3. The van der Waals surface area contributed by atoms with E-state index in [1.54, 1.807) is 34.9 Å². The third kappa shape index (κ3) is 6.08. The predicted molar refractivity (Wildman–Crippen MR) is 123 cm³/mol. The molecule has 0 atom stereocenters. The molecule has 0 spiro atoms. The summed E-state index contributed by atoms with van der Waals surface area (Å²) >= 11 is 0. The quantitative estimate of drug-likeness (QED) is 0.549. The molecule has 0 saturated carbocycles. The molecular weight excluding hydrogens is 421 g/mol. The Morgan fingerprint density at radius 2 is 1.42 bits per heavy atom. The molecule has 0 N–H and O–H groups in total. The second-order valence-electron chi connectivity index (χ2n) is 8.32. The van der Waals surface area contributed by atoms with E-state index in [2.05, 4.69) is 17.0 Å². The standard InChI is InChI=1S/C26H28FN3O3/c1-20(31)29-13-15-30(16-14-29)26(32)25-12-11-24(33-25)19-28(17-21-5-3-2-4-6-21)18-22-7-9-23(27)10-8-22/h2-12H,13-19H2,1H3. The Morgan fingerprint density at radius 3 is 2.06 bits per heavy atom. The molecule has 1 aliphatic heterocycles. The highest BCUT2D eigenvalue weighted by atomic mass is 19.1. The van der Waals surface area contributed by atoms with Crippen LogP contribution in [0.1, 0.15) is 34.4 Å². The Hall–Kier alpha value is -3.45. The fourth-order valence-electron chi connectivity index (χ4n) is 4.04. The van der Waals surface area contributed by atoms with Crippen LogP contribution in [-0.2, 0) is 24.4 Å². The van der Waals surface area contributed by atoms with Crippen LogP contribution in [0.4, 0.5) is 4.39 Å². The van der Waals surface area contributed by atoms with Crippen LogP contribution in [0.2, 0.25) is 0 Å². The number of hydrogen-bond donors (Lipinski definition) is 0. The van der Waals surface area contributed by atoms with Crippen LogP contribution in [0, 0.1) is 5.82 Å². The van der Waals surface area contributed by atoms with Crippen molar-refractivity contribution in [2.45, 2.75) is 26.6 Å². The maximum Gasteiger partial charge on any atom is 0.289 e. The Morgan fingerprint density at radius 1 is 0.818 bits per heavy atom. The molecule has 0 unspecified atom stereocenters. The highest BCUT2D eigenvalue weighted by Crippen LogP contribution is 2.18. The molecule has 1 aliphatic rings. The lowest BCUT2D eigenvalue weighted by molar-refractivity contribution is -0.130. The van der Waals surface area contributed by atoms with Crippen molar-refractivity contribution in [3.05, 3.63) is 95.2 Å². The van der Waals surface area contributed by atoms with Gasteiger partial charge in [-0.1, -0.05) is 42.5 Å². The van der Waals surface area contributed by atoms with Crippen LogP contribution in [0.5, 0.6) is 0 Å². The van der Waals surface area contributed by atoms with Gasteiger partial charge in [0, 0.05) is 46.2 Å². The van der Waals surface area contributed by atoms with E-state index in [4.69, 9.17) is 4.42 Å². The van der Waals surface area contributed by atoms with Gasteiger partial charge in [0.05, 0.1) is 6.54 Å². The Kier molecular flexibility index (Phi) is 7.19. The van der Waals surface area contributed by atoms with Crippen LogP contribution < -0.4 is 0 Å². The maximum atomic E-state index is 13.3. The number of nitrogens with zero attached hydrogens (tertiary/aromatic N) is 3. The van der Waals surface area contributed by atoms with E-state index in [0.717, 1.165) is 11.1 Å². The molecule has 7 heteroatoms. The normalized spacial score (nSPS) is 14.0. The zero-order valence-corrected chi connectivity index (χ0v) is 18.7. The van der Waals surface area contributed by atoms with Gasteiger partial charge in [-0.2, -0.15) is 0 Å². The lowest BCUT2D eigenvalue weighted by atomic mass is 10.1. The monoisotopic (exact) mass is 449 g/mol. The topological polar surface area (TPSA) is 57.0 Å². The van der Waals surface area contributed by atoms with E-state index in [1.807, 2.05) is 24.3 Å². The molecule has 0 radical (unpaired) electrons. The van der Waals surface area contributed by atoms with Gasteiger partial charge in [0.15, 0.2) is 5.76 Å². The van der Waals surface area contributed by atoms with Gasteiger partial charge in [0.2, 0.25) is 5.91 Å². The SMILES string of the molecule is CC(=O)N1CCN(C(=O)c2ccc(CN(Cc3ccccc3)Cc3ccc(F)cc3)o2)CC1. The Balaban J connectivity index is 1.43. The van der Waals surface area contributed by atoms with Crippen molar-refractivity contribution in [3.8, 4) is 0 Å². The molecule has 1 saturated heterocycles. The third-order valence-corrected chi connectivity index (χ3v) is 5.83. The Labute approximate surface area is 193 Å². The molecule has 6 nitrogen and oxygen atoms in total. The van der Waals surface area contributed by atoms with Gasteiger partial charge in [-0.15, -0.1) is 0 Å². The number of rotatable bonds is 7. The summed E-state index contributed by atoms with van der Waals surface area (Å²) in [7, 11) is 0. The molecule has 1 aromatic heterocycles. The lowest BCUT2D eigenvalue weighted by Gasteiger charge is -2.33. The molecule has 0 aliphatic carbocycles. The van der Waals surface area contributed by atoms with Crippen LogP contribution >= 0.6 is 0 Å². The van der Waals surface area contributed by atoms with Gasteiger partial charge in [-0.25, -0.2) is 4.39 Å². The van der Waals surface area contributed by atoms with Crippen LogP contribution in [0.3, 0.4) is 0 Å². The summed E-state index contributed by atoms with van der Waals surface area (Å²) in [5, 5.41) is 0. The number of carbonyl (C=O) groups is 2. The number of amides is 2. The smallest absolute Gasteiger partial charge is 0.289 e. The van der Waals surface area contributed by atoms with Crippen molar-refractivity contribution in [3.63, 3.8) is 0 Å². The number of halogens is 1. The van der Waals surface area contributed by atoms with Gasteiger partial charge in [-0.05, 0) is 35.4 Å². The number of carbonyl (C=O) groups excluding carboxylic acids is 2. The van der Waals surface area contributed by atoms with Gasteiger partial charge in [0.25, 0.3) is 5.91 Å². The minimum Gasteiger partial charge on any atom is -0.455 e. The van der Waals surface area contributed by atoms with E-state index in [0.29, 0.717) is 57.3 Å². The minimum absolute atomic E-state index is 0.0297. The molecular formula is C26H28FN3O3. The highest BCUT2D eigenvalue weighted by Gasteiger charge is 2.25. The van der Waals surface area contributed by atoms with Crippen LogP contribution in [0.15, 0.2) is 71.1 Å². The summed E-state index contributed by atoms with van der Waals surface area (Å²) in [6.45, 7) is 5.44. The summed E-state index contributed by atoms with van der Waals surface area (Å²) in [4.78, 5) is 30.0. The van der Waals surface area contributed by atoms with Gasteiger partial charge < -0.3 is 14.2 Å². The number of piperazine rings is 1. The van der Waals surface area contributed by atoms with E-state index >= 15 is 0 Å². The molecule has 1 fully saturated rings. The van der Waals surface area contributed by atoms with Crippen molar-refractivity contribution < 1.29 is 18.4 Å². The number of hydrogen-bond acceptors (Lipinski definition) is 4. The summed E-state index contributed by atoms with van der Waals surface area (Å²) in [6.07, 6.45) is 0. The molecule has 2 amide bonds. The first-order chi connectivity index (χ1) is 16.0. The van der Waals surface area contributed by atoms with Gasteiger partial charge in [-0.3, -0.25) is 14.5 Å². The first-order valence-electron chi connectivity index (χ1n) is 11.1. The largest absolute Gasteiger partial charge is 0.455 e. The van der Waals surface area contributed by atoms with Gasteiger partial charge >= 0.3 is 0 Å². The fraction of sp³-hybridized carbons (Fsp3) is 0.308. The predicted octanol–water partition coefficient (Wildman–Crippen LogP) is 3.93. The Bertz CT molecular complexity index is 1070. The minimum atomic E-state index is -0.258. The molecule has 33 heavy (non-hydrogen) atoms. The van der Waals surface area contributed by atoms with E-state index in [-0.39, 0.29) is 17.6 Å². The molecule has 0 bridgehead atoms. The zero-order chi connectivity index (χ0) is 23.2. The number of benzene rings is 2. The third-order valence-electron chi connectivity index (χ3n) is 5.83. The summed E-state index contributed by atoms with van der Waals surface area (Å²) in [6, 6.07) is 20.2. The van der Waals surface area contributed by atoms with Crippen molar-refractivity contribution in [2.24, 2.45) is 0 Å². The van der Waals surface area contributed by atoms with Crippen molar-refractivity contribution in [2.75, 3.05) is 26.2 Å². The molecule has 2 heterocycles. The summed E-state index contributed by atoms with van der Waals surface area (Å²) < 4.78 is 19.3. The van der Waals surface area contributed by atoms with E-state index in [9.17, 15) is 14.0 Å². The van der Waals surface area contributed by atoms with Crippen molar-refractivity contribution in [1.29, 1.82) is 0 Å². The molecule has 2 aromatic carbocycles. The van der Waals surface area contributed by atoms with Crippen molar-refractivity contribution >= 4 is 11.8 Å². The molecule has 172 valence electrons. The van der Waals surface area contributed by atoms with Crippen LogP contribution in [0.25, 0.3) is 0 Å². The molecule has 4 rings (SSSR count).